The first-order valence-electron chi connectivity index (χ1n) is 7.21. The Hall–Kier alpha value is -2.04. The maximum Gasteiger partial charge on any atom is 0.410 e. The number of benzene rings is 1. The Bertz CT molecular complexity index is 500. The summed E-state index contributed by atoms with van der Waals surface area (Å²) in [4.78, 5) is 24.9. The smallest absolute Gasteiger partial charge is 0.410 e. The van der Waals surface area contributed by atoms with E-state index in [-0.39, 0.29) is 18.4 Å². The molecule has 1 heterocycles. The van der Waals surface area contributed by atoms with Crippen LogP contribution >= 0.6 is 0 Å². The molecule has 1 N–H and O–H groups in total. The highest BCUT2D eigenvalue weighted by Crippen LogP contribution is 2.31. The Labute approximate surface area is 124 Å². The van der Waals surface area contributed by atoms with Crippen LogP contribution in [0.1, 0.15) is 25.8 Å². The summed E-state index contributed by atoms with van der Waals surface area (Å²) in [6.07, 6.45) is 0.157. The number of carboxylic acid groups (broad SMARTS) is 1. The standard InChI is InChI=1S/C16H21NO4/c1-11(2)13-8-9-17(14(13)15(18)19)16(20)21-10-12-6-4-3-5-7-12/h3-7,11,13-14H,8-10H2,1-2H3,(H,18,19)/t13-,14+/m1/s1. The van der Waals surface area contributed by atoms with E-state index < -0.39 is 18.1 Å². The van der Waals surface area contributed by atoms with Crippen molar-refractivity contribution in [3.63, 3.8) is 0 Å². The second-order valence-electron chi connectivity index (χ2n) is 5.71. The van der Waals surface area contributed by atoms with Crippen LogP contribution in [-0.2, 0) is 16.1 Å². The molecule has 5 heteroatoms. The maximum atomic E-state index is 12.1. The van der Waals surface area contributed by atoms with E-state index >= 15 is 0 Å². The van der Waals surface area contributed by atoms with Crippen LogP contribution in [0.2, 0.25) is 0 Å². The molecule has 0 aliphatic carbocycles. The van der Waals surface area contributed by atoms with Gasteiger partial charge in [-0.1, -0.05) is 44.2 Å². The number of nitrogens with zero attached hydrogens (tertiary/aromatic N) is 1. The summed E-state index contributed by atoms with van der Waals surface area (Å²) in [5.41, 5.74) is 0.886. The van der Waals surface area contributed by atoms with E-state index in [1.807, 2.05) is 44.2 Å². The van der Waals surface area contributed by atoms with Crippen molar-refractivity contribution in [1.82, 2.24) is 4.90 Å². The number of carbonyl (C=O) groups is 2. The van der Waals surface area contributed by atoms with Crippen LogP contribution in [0, 0.1) is 11.8 Å². The van der Waals surface area contributed by atoms with E-state index in [1.54, 1.807) is 0 Å². The number of carboxylic acids is 1. The lowest BCUT2D eigenvalue weighted by Crippen LogP contribution is -2.44. The molecule has 5 nitrogen and oxygen atoms in total. The average Bonchev–Trinajstić information content (AvgIpc) is 2.91. The molecule has 1 aromatic rings. The van der Waals surface area contributed by atoms with Gasteiger partial charge in [0.05, 0.1) is 0 Å². The minimum Gasteiger partial charge on any atom is -0.480 e. The molecule has 21 heavy (non-hydrogen) atoms. The Kier molecular flexibility index (Phi) is 4.83. The highest BCUT2D eigenvalue weighted by atomic mass is 16.6. The van der Waals surface area contributed by atoms with Crippen LogP contribution in [0.4, 0.5) is 4.79 Å². The zero-order valence-corrected chi connectivity index (χ0v) is 12.4. The summed E-state index contributed by atoms with van der Waals surface area (Å²) in [7, 11) is 0. The lowest BCUT2D eigenvalue weighted by molar-refractivity contribution is -0.143. The van der Waals surface area contributed by atoms with Crippen LogP contribution in [0.5, 0.6) is 0 Å². The van der Waals surface area contributed by atoms with Crippen molar-refractivity contribution in [2.24, 2.45) is 11.8 Å². The van der Waals surface area contributed by atoms with Gasteiger partial charge in [0.15, 0.2) is 0 Å². The Balaban J connectivity index is 2.00. The summed E-state index contributed by atoms with van der Waals surface area (Å²) in [5, 5.41) is 9.39. The molecule has 1 aliphatic rings. The van der Waals surface area contributed by atoms with Gasteiger partial charge in [-0.25, -0.2) is 9.59 Å². The van der Waals surface area contributed by atoms with Gasteiger partial charge in [0.25, 0.3) is 0 Å². The minimum atomic E-state index is -0.956. The van der Waals surface area contributed by atoms with Crippen molar-refractivity contribution >= 4 is 12.1 Å². The average molecular weight is 291 g/mol. The number of rotatable bonds is 4. The first-order valence-corrected chi connectivity index (χ1v) is 7.21. The lowest BCUT2D eigenvalue weighted by atomic mass is 9.89. The Morgan fingerprint density at radius 2 is 2.00 bits per heavy atom. The van der Waals surface area contributed by atoms with E-state index in [1.165, 1.54) is 4.90 Å². The largest absolute Gasteiger partial charge is 0.480 e. The van der Waals surface area contributed by atoms with Crippen molar-refractivity contribution < 1.29 is 19.4 Å². The van der Waals surface area contributed by atoms with Gasteiger partial charge in [-0.2, -0.15) is 0 Å². The Morgan fingerprint density at radius 3 is 2.57 bits per heavy atom. The summed E-state index contributed by atoms with van der Waals surface area (Å²) in [6.45, 7) is 4.57. The van der Waals surface area contributed by atoms with E-state index in [9.17, 15) is 14.7 Å². The number of likely N-dealkylation sites (tertiary alicyclic amines) is 1. The van der Waals surface area contributed by atoms with Crippen LogP contribution in [-0.4, -0.2) is 34.7 Å². The summed E-state index contributed by atoms with van der Waals surface area (Å²) >= 11 is 0. The first-order chi connectivity index (χ1) is 10.0. The molecule has 1 saturated heterocycles. The normalized spacial score (nSPS) is 21.6. The summed E-state index contributed by atoms with van der Waals surface area (Å²) in [6, 6.07) is 8.57. The second kappa shape index (κ2) is 6.61. The lowest BCUT2D eigenvalue weighted by Gasteiger charge is -2.25. The highest BCUT2D eigenvalue weighted by Gasteiger charge is 2.43. The fraction of sp³-hybridized carbons (Fsp3) is 0.500. The molecule has 0 spiro atoms. The molecule has 0 bridgehead atoms. The van der Waals surface area contributed by atoms with Gasteiger partial charge in [0, 0.05) is 6.54 Å². The molecule has 1 aliphatic heterocycles. The quantitative estimate of drug-likeness (QED) is 0.926. The third-order valence-corrected chi connectivity index (χ3v) is 3.99. The molecule has 2 rings (SSSR count). The van der Waals surface area contributed by atoms with E-state index in [4.69, 9.17) is 4.74 Å². The molecule has 1 fully saturated rings. The summed E-state index contributed by atoms with van der Waals surface area (Å²) < 4.78 is 5.24. The van der Waals surface area contributed by atoms with Gasteiger partial charge in [-0.05, 0) is 23.8 Å². The number of aliphatic carboxylic acids is 1. The fourth-order valence-corrected chi connectivity index (χ4v) is 2.84. The topological polar surface area (TPSA) is 66.8 Å². The molecular formula is C16H21NO4. The van der Waals surface area contributed by atoms with Gasteiger partial charge in [0.2, 0.25) is 0 Å². The minimum absolute atomic E-state index is 0.0215. The molecule has 1 aromatic carbocycles. The number of ether oxygens (including phenoxy) is 1. The van der Waals surface area contributed by atoms with Gasteiger partial charge in [-0.15, -0.1) is 0 Å². The SMILES string of the molecule is CC(C)[C@H]1CCN(C(=O)OCc2ccccc2)[C@@H]1C(=O)O. The zero-order chi connectivity index (χ0) is 15.4. The van der Waals surface area contributed by atoms with Crippen LogP contribution < -0.4 is 0 Å². The van der Waals surface area contributed by atoms with E-state index in [2.05, 4.69) is 0 Å². The second-order valence-corrected chi connectivity index (χ2v) is 5.71. The van der Waals surface area contributed by atoms with Crippen molar-refractivity contribution in [2.75, 3.05) is 6.54 Å². The maximum absolute atomic E-state index is 12.1. The number of hydrogen-bond acceptors (Lipinski definition) is 3. The van der Waals surface area contributed by atoms with E-state index in [0.717, 1.165) is 5.56 Å². The van der Waals surface area contributed by atoms with Crippen LogP contribution in [0.25, 0.3) is 0 Å². The highest BCUT2D eigenvalue weighted by molar-refractivity contribution is 5.81. The number of hydrogen-bond donors (Lipinski definition) is 1. The molecule has 1 amide bonds. The molecule has 2 atom stereocenters. The molecule has 114 valence electrons. The van der Waals surface area contributed by atoms with Gasteiger partial charge >= 0.3 is 12.1 Å². The predicted molar refractivity (Wildman–Crippen MR) is 77.7 cm³/mol. The van der Waals surface area contributed by atoms with Gasteiger partial charge in [-0.3, -0.25) is 4.90 Å². The molecule has 0 aromatic heterocycles. The molecule has 0 saturated carbocycles. The van der Waals surface area contributed by atoms with Crippen molar-refractivity contribution in [1.29, 1.82) is 0 Å². The zero-order valence-electron chi connectivity index (χ0n) is 12.4. The third-order valence-electron chi connectivity index (χ3n) is 3.99. The number of carbonyl (C=O) groups excluding carboxylic acids is 1. The monoisotopic (exact) mass is 291 g/mol. The van der Waals surface area contributed by atoms with Crippen molar-refractivity contribution in [3.8, 4) is 0 Å². The van der Waals surface area contributed by atoms with Gasteiger partial charge < -0.3 is 9.84 Å². The van der Waals surface area contributed by atoms with Crippen LogP contribution in [0.3, 0.4) is 0 Å². The van der Waals surface area contributed by atoms with Gasteiger partial charge in [0.1, 0.15) is 12.6 Å². The third kappa shape index (κ3) is 3.54. The predicted octanol–water partition coefficient (Wildman–Crippen LogP) is 2.75. The first kappa shape index (κ1) is 15.4. The fourth-order valence-electron chi connectivity index (χ4n) is 2.84. The van der Waals surface area contributed by atoms with Crippen LogP contribution in [0.15, 0.2) is 30.3 Å². The summed E-state index contributed by atoms with van der Waals surface area (Å²) in [5.74, 6) is -0.757. The van der Waals surface area contributed by atoms with E-state index in [0.29, 0.717) is 13.0 Å². The molecule has 0 unspecified atom stereocenters. The molecule has 0 radical (unpaired) electrons. The Morgan fingerprint density at radius 1 is 1.33 bits per heavy atom. The van der Waals surface area contributed by atoms with Crippen molar-refractivity contribution in [2.45, 2.75) is 32.9 Å². The van der Waals surface area contributed by atoms with Crippen molar-refractivity contribution in [3.05, 3.63) is 35.9 Å². The number of amides is 1. The molecular weight excluding hydrogens is 270 g/mol.